The third-order valence-electron chi connectivity index (χ3n) is 2.87. The summed E-state index contributed by atoms with van der Waals surface area (Å²) >= 11 is 1.46. The normalized spacial score (nSPS) is 12.0. The topological polar surface area (TPSA) is 58.6 Å². The van der Waals surface area contributed by atoms with E-state index in [1.54, 1.807) is 24.6 Å². The van der Waals surface area contributed by atoms with Crippen molar-refractivity contribution in [2.24, 2.45) is 0 Å². The summed E-state index contributed by atoms with van der Waals surface area (Å²) in [7, 11) is -1.92. The van der Waals surface area contributed by atoms with Crippen LogP contribution in [0, 0.1) is 0 Å². The van der Waals surface area contributed by atoms with Gasteiger partial charge in [-0.15, -0.1) is 17.9 Å². The number of hydrogen-bond donors (Lipinski definition) is 1. The largest absolute Gasteiger partial charge is 0.383 e. The molecule has 0 spiro atoms. The van der Waals surface area contributed by atoms with Crippen molar-refractivity contribution in [3.63, 3.8) is 0 Å². The van der Waals surface area contributed by atoms with E-state index < -0.39 is 10.0 Å². The molecule has 0 bridgehead atoms. The van der Waals surface area contributed by atoms with Crippen LogP contribution in [0.25, 0.3) is 0 Å². The molecule has 0 aliphatic heterocycles. The van der Waals surface area contributed by atoms with Gasteiger partial charge in [0, 0.05) is 37.0 Å². The molecule has 1 rings (SSSR count). The minimum Gasteiger partial charge on any atom is -0.383 e. The molecule has 0 saturated carbocycles. The van der Waals surface area contributed by atoms with Crippen LogP contribution in [0.1, 0.15) is 18.2 Å². The highest BCUT2D eigenvalue weighted by Crippen LogP contribution is 2.22. The van der Waals surface area contributed by atoms with Gasteiger partial charge in [0.05, 0.1) is 11.5 Å². The van der Waals surface area contributed by atoms with Crippen LogP contribution in [-0.2, 0) is 21.3 Å². The summed E-state index contributed by atoms with van der Waals surface area (Å²) in [5, 5.41) is 4.97. The molecule has 7 heteroatoms. The molecule has 5 nitrogen and oxygen atoms in total. The molecule has 1 heterocycles. The minimum atomic E-state index is -3.48. The second-order valence-corrected chi connectivity index (χ2v) is 7.50. The monoisotopic (exact) mass is 332 g/mol. The standard InChI is InChI=1S/C14H24N2O3S2/c1-4-6-15-11-13-10-14(12-20-13)21(17,18)16(7-5-2)8-9-19-3/h5,10,12,15H,2,4,6-9,11H2,1,3H3. The van der Waals surface area contributed by atoms with Gasteiger partial charge in [-0.05, 0) is 19.0 Å². The van der Waals surface area contributed by atoms with Crippen LogP contribution in [0.4, 0.5) is 0 Å². The van der Waals surface area contributed by atoms with Crippen LogP contribution in [0.15, 0.2) is 29.0 Å². The summed E-state index contributed by atoms with van der Waals surface area (Å²) in [6.07, 6.45) is 2.64. The van der Waals surface area contributed by atoms with Crippen LogP contribution in [0.3, 0.4) is 0 Å². The Kier molecular flexibility index (Phi) is 8.13. The molecule has 21 heavy (non-hydrogen) atoms. The van der Waals surface area contributed by atoms with E-state index in [1.807, 2.05) is 0 Å². The van der Waals surface area contributed by atoms with Crippen molar-refractivity contribution < 1.29 is 13.2 Å². The van der Waals surface area contributed by atoms with Crippen LogP contribution < -0.4 is 5.32 Å². The molecule has 0 fully saturated rings. The molecule has 1 N–H and O–H groups in total. The average molecular weight is 332 g/mol. The van der Waals surface area contributed by atoms with Gasteiger partial charge < -0.3 is 10.1 Å². The van der Waals surface area contributed by atoms with Crippen LogP contribution >= 0.6 is 11.3 Å². The fraction of sp³-hybridized carbons (Fsp3) is 0.571. The molecule has 0 atom stereocenters. The molecule has 0 aromatic carbocycles. The van der Waals surface area contributed by atoms with E-state index in [9.17, 15) is 8.42 Å². The highest BCUT2D eigenvalue weighted by molar-refractivity contribution is 7.89. The van der Waals surface area contributed by atoms with E-state index >= 15 is 0 Å². The SMILES string of the molecule is C=CCN(CCOC)S(=O)(=O)c1csc(CNCCC)c1. The van der Waals surface area contributed by atoms with Gasteiger partial charge in [-0.2, -0.15) is 4.31 Å². The third-order valence-corrected chi connectivity index (χ3v) is 5.80. The van der Waals surface area contributed by atoms with E-state index in [-0.39, 0.29) is 6.54 Å². The molecule has 0 amide bonds. The highest BCUT2D eigenvalue weighted by Gasteiger charge is 2.24. The summed E-state index contributed by atoms with van der Waals surface area (Å²) in [5.74, 6) is 0. The third kappa shape index (κ3) is 5.52. The zero-order valence-corrected chi connectivity index (χ0v) is 14.3. The Labute approximate surface area is 131 Å². The Morgan fingerprint density at radius 1 is 1.52 bits per heavy atom. The van der Waals surface area contributed by atoms with Crippen molar-refractivity contribution >= 4 is 21.4 Å². The summed E-state index contributed by atoms with van der Waals surface area (Å²) in [6, 6.07) is 1.74. The lowest BCUT2D eigenvalue weighted by Crippen LogP contribution is -2.33. The van der Waals surface area contributed by atoms with Crippen LogP contribution in [0.5, 0.6) is 0 Å². The van der Waals surface area contributed by atoms with Crippen LogP contribution in [-0.4, -0.2) is 46.1 Å². The Bertz CT molecular complexity index is 526. The number of hydrogen-bond acceptors (Lipinski definition) is 5. The van der Waals surface area contributed by atoms with Crippen LogP contribution in [0.2, 0.25) is 0 Å². The van der Waals surface area contributed by atoms with Gasteiger partial charge in [-0.3, -0.25) is 0 Å². The Morgan fingerprint density at radius 3 is 2.90 bits per heavy atom. The maximum atomic E-state index is 12.6. The zero-order chi connectivity index (χ0) is 15.7. The number of methoxy groups -OCH3 is 1. The summed E-state index contributed by atoms with van der Waals surface area (Å²) in [5.41, 5.74) is 0. The first-order valence-electron chi connectivity index (χ1n) is 6.94. The van der Waals surface area contributed by atoms with Gasteiger partial charge in [-0.1, -0.05) is 13.0 Å². The first-order valence-corrected chi connectivity index (χ1v) is 9.26. The van der Waals surface area contributed by atoms with Gasteiger partial charge in [-0.25, -0.2) is 8.42 Å². The second kappa shape index (κ2) is 9.32. The van der Waals surface area contributed by atoms with Gasteiger partial charge in [0.1, 0.15) is 0 Å². The predicted octanol–water partition coefficient (Wildman–Crippen LogP) is 2.07. The van der Waals surface area contributed by atoms with Gasteiger partial charge >= 0.3 is 0 Å². The minimum absolute atomic E-state index is 0.283. The van der Waals surface area contributed by atoms with Crippen molar-refractivity contribution in [2.45, 2.75) is 24.8 Å². The first kappa shape index (κ1) is 18.3. The van der Waals surface area contributed by atoms with E-state index in [4.69, 9.17) is 4.74 Å². The van der Waals surface area contributed by atoms with Crippen molar-refractivity contribution in [3.8, 4) is 0 Å². The fourth-order valence-corrected chi connectivity index (χ4v) is 4.40. The van der Waals surface area contributed by atoms with Crippen molar-refractivity contribution in [3.05, 3.63) is 29.0 Å². The quantitative estimate of drug-likeness (QED) is 0.498. The van der Waals surface area contributed by atoms with Gasteiger partial charge in [0.15, 0.2) is 0 Å². The lowest BCUT2D eigenvalue weighted by atomic mass is 10.4. The van der Waals surface area contributed by atoms with Crippen molar-refractivity contribution in [1.82, 2.24) is 9.62 Å². The Morgan fingerprint density at radius 2 is 2.29 bits per heavy atom. The van der Waals surface area contributed by atoms with Gasteiger partial charge in [0.2, 0.25) is 10.0 Å². The molecule has 0 saturated heterocycles. The van der Waals surface area contributed by atoms with Crippen molar-refractivity contribution in [2.75, 3.05) is 33.4 Å². The van der Waals surface area contributed by atoms with E-state index in [2.05, 4.69) is 18.8 Å². The number of rotatable bonds is 11. The molecule has 1 aromatic heterocycles. The fourth-order valence-electron chi connectivity index (χ4n) is 1.77. The molecular weight excluding hydrogens is 308 g/mol. The average Bonchev–Trinajstić information content (AvgIpc) is 2.93. The van der Waals surface area contributed by atoms with E-state index in [0.29, 0.717) is 24.6 Å². The van der Waals surface area contributed by atoms with Gasteiger partial charge in [0.25, 0.3) is 0 Å². The molecule has 0 unspecified atom stereocenters. The molecular formula is C14H24N2O3S2. The summed E-state index contributed by atoms with van der Waals surface area (Å²) in [4.78, 5) is 1.37. The lowest BCUT2D eigenvalue weighted by molar-refractivity contribution is 0.182. The number of sulfonamides is 1. The predicted molar refractivity (Wildman–Crippen MR) is 87.1 cm³/mol. The Hall–Kier alpha value is -0.730. The number of ether oxygens (including phenoxy) is 1. The second-order valence-electron chi connectivity index (χ2n) is 4.57. The number of nitrogens with zero attached hydrogens (tertiary/aromatic N) is 1. The molecule has 0 radical (unpaired) electrons. The smallest absolute Gasteiger partial charge is 0.244 e. The summed E-state index contributed by atoms with van der Waals surface area (Å²) in [6.45, 7) is 8.31. The first-order chi connectivity index (χ1) is 10.1. The van der Waals surface area contributed by atoms with E-state index in [1.165, 1.54) is 15.6 Å². The van der Waals surface area contributed by atoms with E-state index in [0.717, 1.165) is 17.8 Å². The zero-order valence-electron chi connectivity index (χ0n) is 12.7. The number of thiophene rings is 1. The summed E-state index contributed by atoms with van der Waals surface area (Å²) < 4.78 is 31.5. The van der Waals surface area contributed by atoms with Crippen molar-refractivity contribution in [1.29, 1.82) is 0 Å². The maximum Gasteiger partial charge on any atom is 0.244 e. The maximum absolute atomic E-state index is 12.6. The number of nitrogens with one attached hydrogen (secondary N) is 1. The Balaban J connectivity index is 2.81. The molecule has 0 aliphatic rings. The lowest BCUT2D eigenvalue weighted by Gasteiger charge is -2.19. The molecule has 120 valence electrons. The molecule has 1 aromatic rings. The molecule has 0 aliphatic carbocycles. The highest BCUT2D eigenvalue weighted by atomic mass is 32.2.